The van der Waals surface area contributed by atoms with Crippen LogP contribution in [0, 0.1) is 23.7 Å². The molecule has 2 fully saturated rings. The molecule has 21 heavy (non-hydrogen) atoms. The number of benzene rings is 1. The standard InChI is InChI=1S/C16H12N2O2S/c19-14-12-8-5-6-9(7-8)13(12)15(20)18(14)16-17-10-3-1-2-4-11(10)21-16/h1-6,8-9,12-13H,7H2/t8-,9-,12+,13+/m0/s1. The molecule has 0 spiro atoms. The van der Waals surface area contributed by atoms with Crippen molar-refractivity contribution in [2.75, 3.05) is 4.90 Å². The van der Waals surface area contributed by atoms with Crippen molar-refractivity contribution in [3.8, 4) is 0 Å². The summed E-state index contributed by atoms with van der Waals surface area (Å²) < 4.78 is 1.01. The van der Waals surface area contributed by atoms with Gasteiger partial charge in [0.15, 0.2) is 5.13 Å². The van der Waals surface area contributed by atoms with Gasteiger partial charge in [-0.1, -0.05) is 35.6 Å². The van der Waals surface area contributed by atoms with Crippen LogP contribution < -0.4 is 4.90 Å². The number of rotatable bonds is 1. The highest BCUT2D eigenvalue weighted by Gasteiger charge is 2.60. The van der Waals surface area contributed by atoms with Gasteiger partial charge < -0.3 is 0 Å². The van der Waals surface area contributed by atoms with E-state index in [0.717, 1.165) is 16.6 Å². The first-order valence-electron chi connectivity index (χ1n) is 7.16. The Bertz CT molecular complexity index is 762. The van der Waals surface area contributed by atoms with Gasteiger partial charge in [0.1, 0.15) is 0 Å². The molecule has 2 bridgehead atoms. The van der Waals surface area contributed by atoms with Crippen LogP contribution in [0.25, 0.3) is 10.2 Å². The average Bonchev–Trinajstić information content (AvgIpc) is 3.21. The molecular formula is C16H12N2O2S. The van der Waals surface area contributed by atoms with Crippen molar-refractivity contribution in [2.24, 2.45) is 23.7 Å². The van der Waals surface area contributed by atoms with Crippen molar-refractivity contribution in [3.05, 3.63) is 36.4 Å². The van der Waals surface area contributed by atoms with E-state index >= 15 is 0 Å². The monoisotopic (exact) mass is 296 g/mol. The number of nitrogens with zero attached hydrogens (tertiary/aromatic N) is 2. The van der Waals surface area contributed by atoms with Crippen molar-refractivity contribution in [3.63, 3.8) is 0 Å². The molecule has 2 heterocycles. The van der Waals surface area contributed by atoms with Gasteiger partial charge in [0.05, 0.1) is 22.1 Å². The number of fused-ring (bicyclic) bond motifs is 6. The summed E-state index contributed by atoms with van der Waals surface area (Å²) in [4.78, 5) is 31.2. The number of aromatic nitrogens is 1. The van der Waals surface area contributed by atoms with Gasteiger partial charge in [-0.2, -0.15) is 0 Å². The van der Waals surface area contributed by atoms with Crippen LogP contribution in [-0.4, -0.2) is 16.8 Å². The molecule has 1 aromatic heterocycles. The second kappa shape index (κ2) is 3.80. The van der Waals surface area contributed by atoms with Crippen LogP contribution in [0.4, 0.5) is 5.13 Å². The minimum absolute atomic E-state index is 0.0547. The van der Waals surface area contributed by atoms with E-state index in [0.29, 0.717) is 5.13 Å². The summed E-state index contributed by atoms with van der Waals surface area (Å²) in [5.41, 5.74) is 0.844. The highest BCUT2D eigenvalue weighted by atomic mass is 32.1. The largest absolute Gasteiger partial charge is 0.274 e. The van der Waals surface area contributed by atoms with E-state index in [-0.39, 0.29) is 35.5 Å². The molecule has 1 aliphatic heterocycles. The molecule has 5 rings (SSSR count). The third-order valence-corrected chi connectivity index (χ3v) is 5.97. The van der Waals surface area contributed by atoms with Crippen LogP contribution in [0.3, 0.4) is 0 Å². The zero-order chi connectivity index (χ0) is 14.1. The summed E-state index contributed by atoms with van der Waals surface area (Å²) in [7, 11) is 0. The van der Waals surface area contributed by atoms with E-state index in [1.807, 2.05) is 24.3 Å². The normalized spacial score (nSPS) is 33.4. The molecule has 104 valence electrons. The summed E-state index contributed by atoms with van der Waals surface area (Å²) in [6, 6.07) is 7.73. The number of thiazole rings is 1. The number of amides is 2. The van der Waals surface area contributed by atoms with Crippen molar-refractivity contribution >= 4 is 38.5 Å². The lowest BCUT2D eigenvalue weighted by Gasteiger charge is -2.14. The second-order valence-corrected chi connectivity index (χ2v) is 6.99. The van der Waals surface area contributed by atoms with Crippen molar-refractivity contribution in [1.82, 2.24) is 4.98 Å². The van der Waals surface area contributed by atoms with E-state index in [1.165, 1.54) is 16.2 Å². The molecule has 2 amide bonds. The first-order chi connectivity index (χ1) is 10.2. The number of para-hydroxylation sites is 1. The van der Waals surface area contributed by atoms with Crippen molar-refractivity contribution in [1.29, 1.82) is 0 Å². The van der Waals surface area contributed by atoms with E-state index in [1.54, 1.807) is 0 Å². The molecule has 1 saturated carbocycles. The Morgan fingerprint density at radius 3 is 2.38 bits per heavy atom. The van der Waals surface area contributed by atoms with Gasteiger partial charge in [-0.3, -0.25) is 9.59 Å². The molecule has 4 nitrogen and oxygen atoms in total. The Morgan fingerprint density at radius 1 is 1.05 bits per heavy atom. The van der Waals surface area contributed by atoms with E-state index in [9.17, 15) is 9.59 Å². The van der Waals surface area contributed by atoms with Gasteiger partial charge in [0.25, 0.3) is 0 Å². The molecule has 3 aliphatic rings. The highest BCUT2D eigenvalue weighted by molar-refractivity contribution is 7.22. The van der Waals surface area contributed by atoms with Crippen LogP contribution in [0.1, 0.15) is 6.42 Å². The van der Waals surface area contributed by atoms with E-state index in [2.05, 4.69) is 17.1 Å². The zero-order valence-electron chi connectivity index (χ0n) is 11.1. The smallest absolute Gasteiger partial charge is 0.240 e. The Morgan fingerprint density at radius 2 is 1.71 bits per heavy atom. The lowest BCUT2D eigenvalue weighted by molar-refractivity contribution is -0.123. The molecule has 1 aromatic carbocycles. The third kappa shape index (κ3) is 1.37. The molecule has 5 heteroatoms. The summed E-state index contributed by atoms with van der Waals surface area (Å²) in [6.45, 7) is 0. The van der Waals surface area contributed by atoms with Crippen LogP contribution in [0.5, 0.6) is 0 Å². The number of hydrogen-bond acceptors (Lipinski definition) is 4. The minimum atomic E-state index is -0.153. The summed E-state index contributed by atoms with van der Waals surface area (Å²) in [5.74, 6) is 0.0764. The van der Waals surface area contributed by atoms with Crippen molar-refractivity contribution < 1.29 is 9.59 Å². The van der Waals surface area contributed by atoms with Gasteiger partial charge in [-0.05, 0) is 30.4 Å². The first kappa shape index (κ1) is 11.6. The molecular weight excluding hydrogens is 284 g/mol. The topological polar surface area (TPSA) is 50.3 Å². The lowest BCUT2D eigenvalue weighted by Crippen LogP contribution is -2.32. The van der Waals surface area contributed by atoms with Gasteiger partial charge in [-0.25, -0.2) is 9.88 Å². The minimum Gasteiger partial charge on any atom is -0.274 e. The maximum Gasteiger partial charge on any atom is 0.240 e. The number of anilines is 1. The quantitative estimate of drug-likeness (QED) is 0.600. The molecule has 2 aromatic rings. The number of imide groups is 1. The fourth-order valence-electron chi connectivity index (χ4n) is 4.05. The first-order valence-corrected chi connectivity index (χ1v) is 7.97. The molecule has 0 radical (unpaired) electrons. The SMILES string of the molecule is O=C1[C@H]2[C@H](C(=O)N1c1nc3ccccc3s1)[C@H]1C=C[C@H]2C1. The highest BCUT2D eigenvalue weighted by Crippen LogP contribution is 2.53. The number of allylic oxidation sites excluding steroid dienone is 2. The Balaban J connectivity index is 1.61. The fourth-order valence-corrected chi connectivity index (χ4v) is 5.02. The third-order valence-electron chi connectivity index (χ3n) is 4.94. The van der Waals surface area contributed by atoms with Crippen LogP contribution in [0.2, 0.25) is 0 Å². The summed E-state index contributed by atoms with van der Waals surface area (Å²) >= 11 is 1.42. The van der Waals surface area contributed by atoms with Crippen LogP contribution >= 0.6 is 11.3 Å². The van der Waals surface area contributed by atoms with Crippen molar-refractivity contribution in [2.45, 2.75) is 6.42 Å². The molecule has 2 aliphatic carbocycles. The fraction of sp³-hybridized carbons (Fsp3) is 0.312. The van der Waals surface area contributed by atoms with Gasteiger partial charge >= 0.3 is 0 Å². The van der Waals surface area contributed by atoms with Crippen LogP contribution in [-0.2, 0) is 9.59 Å². The predicted molar refractivity (Wildman–Crippen MR) is 79.8 cm³/mol. The maximum absolute atomic E-state index is 12.7. The number of hydrogen-bond donors (Lipinski definition) is 0. The van der Waals surface area contributed by atoms with Crippen LogP contribution in [0.15, 0.2) is 36.4 Å². The maximum atomic E-state index is 12.7. The zero-order valence-corrected chi connectivity index (χ0v) is 11.9. The Hall–Kier alpha value is -2.01. The molecule has 1 saturated heterocycles. The lowest BCUT2D eigenvalue weighted by atomic mass is 9.85. The second-order valence-electron chi connectivity index (χ2n) is 5.98. The Kier molecular flexibility index (Phi) is 2.10. The average molecular weight is 296 g/mol. The van der Waals surface area contributed by atoms with Gasteiger partial charge in [-0.15, -0.1) is 0 Å². The van der Waals surface area contributed by atoms with E-state index in [4.69, 9.17) is 0 Å². The van der Waals surface area contributed by atoms with Gasteiger partial charge in [0, 0.05) is 0 Å². The van der Waals surface area contributed by atoms with E-state index < -0.39 is 0 Å². The molecule has 4 atom stereocenters. The predicted octanol–water partition coefficient (Wildman–Crippen LogP) is 2.61. The summed E-state index contributed by atoms with van der Waals surface area (Å²) in [6.07, 6.45) is 5.18. The summed E-state index contributed by atoms with van der Waals surface area (Å²) in [5, 5.41) is 0.528. The Labute approximate surface area is 125 Å². The number of carbonyl (C=O) groups is 2. The number of carbonyl (C=O) groups excluding carboxylic acids is 2. The van der Waals surface area contributed by atoms with Gasteiger partial charge in [0.2, 0.25) is 11.8 Å². The molecule has 0 unspecified atom stereocenters. The molecule has 0 N–H and O–H groups in total.